The molecule has 0 saturated heterocycles. The van der Waals surface area contributed by atoms with Crippen molar-refractivity contribution in [2.75, 3.05) is 19.8 Å². The molecular formula is C19H21Cl2NO3S. The van der Waals surface area contributed by atoms with Gasteiger partial charge in [-0.1, -0.05) is 35.3 Å². The van der Waals surface area contributed by atoms with E-state index in [0.29, 0.717) is 23.3 Å². The number of benzene rings is 2. The molecule has 3 rings (SSSR count). The Bertz CT molecular complexity index is 869. The number of hydrogen-bond donors (Lipinski definition) is 1. The zero-order chi connectivity index (χ0) is 18.9. The third-order valence-electron chi connectivity index (χ3n) is 5.04. The molecule has 26 heavy (non-hydrogen) atoms. The van der Waals surface area contributed by atoms with Crippen molar-refractivity contribution in [1.82, 2.24) is 0 Å². The summed E-state index contributed by atoms with van der Waals surface area (Å²) in [5.41, 5.74) is 6.32. The molecule has 0 aliphatic heterocycles. The fourth-order valence-electron chi connectivity index (χ4n) is 3.66. The quantitative estimate of drug-likeness (QED) is 0.746. The Kier molecular flexibility index (Phi) is 5.66. The Morgan fingerprint density at radius 3 is 2.08 bits per heavy atom. The Morgan fingerprint density at radius 1 is 1.04 bits per heavy atom. The standard InChI is InChI=1S/C19H21Cl2NO3S/c1-2-25-12-19(11-22)17(13-3-5-14(20)6-4-13)18(19)26(23,24)16-9-7-15(21)8-10-16/h3-10,17-18H,2,11-12,22H2,1H3/t17-,18+,19-/m1/s1. The summed E-state index contributed by atoms with van der Waals surface area (Å²) in [6.45, 7) is 2.90. The van der Waals surface area contributed by atoms with E-state index >= 15 is 0 Å². The van der Waals surface area contributed by atoms with E-state index in [-0.39, 0.29) is 17.4 Å². The first-order valence-corrected chi connectivity index (χ1v) is 10.7. The fourth-order valence-corrected chi connectivity index (χ4v) is 6.35. The Morgan fingerprint density at radius 2 is 1.58 bits per heavy atom. The number of hydrogen-bond acceptors (Lipinski definition) is 4. The molecule has 1 saturated carbocycles. The molecule has 0 amide bonds. The van der Waals surface area contributed by atoms with Gasteiger partial charge >= 0.3 is 0 Å². The minimum Gasteiger partial charge on any atom is -0.381 e. The minimum absolute atomic E-state index is 0.220. The Hall–Kier alpha value is -1.11. The zero-order valence-electron chi connectivity index (χ0n) is 14.4. The first kappa shape index (κ1) is 19.6. The molecule has 1 aliphatic rings. The summed E-state index contributed by atoms with van der Waals surface area (Å²) >= 11 is 11.9. The van der Waals surface area contributed by atoms with Crippen molar-refractivity contribution in [2.45, 2.75) is 23.0 Å². The predicted molar refractivity (Wildman–Crippen MR) is 105 cm³/mol. The van der Waals surface area contributed by atoms with Gasteiger partial charge in [0.2, 0.25) is 0 Å². The van der Waals surface area contributed by atoms with Gasteiger partial charge in [0, 0.05) is 34.5 Å². The number of nitrogens with two attached hydrogens (primary N) is 1. The number of halogens is 2. The molecule has 4 nitrogen and oxygen atoms in total. The van der Waals surface area contributed by atoms with Gasteiger partial charge in [0.05, 0.1) is 16.8 Å². The van der Waals surface area contributed by atoms with Gasteiger partial charge in [0.15, 0.2) is 9.84 Å². The smallest absolute Gasteiger partial charge is 0.182 e. The molecule has 2 aromatic carbocycles. The maximum atomic E-state index is 13.3. The third-order valence-corrected chi connectivity index (χ3v) is 7.88. The second-order valence-corrected chi connectivity index (χ2v) is 9.47. The summed E-state index contributed by atoms with van der Waals surface area (Å²) in [5.74, 6) is -0.239. The SMILES string of the molecule is CCOC[C@]1(CN)[C@H](c2ccc(Cl)cc2)[C@@H]1S(=O)(=O)c1ccc(Cl)cc1. The second kappa shape index (κ2) is 7.49. The Labute approximate surface area is 164 Å². The van der Waals surface area contributed by atoms with E-state index in [0.717, 1.165) is 5.56 Å². The van der Waals surface area contributed by atoms with E-state index in [4.69, 9.17) is 33.7 Å². The van der Waals surface area contributed by atoms with Gasteiger partial charge in [-0.2, -0.15) is 0 Å². The maximum Gasteiger partial charge on any atom is 0.182 e. The fraction of sp³-hybridized carbons (Fsp3) is 0.368. The lowest BCUT2D eigenvalue weighted by molar-refractivity contribution is 0.101. The summed E-state index contributed by atoms with van der Waals surface area (Å²) in [6, 6.07) is 13.5. The number of sulfone groups is 1. The van der Waals surface area contributed by atoms with Crippen molar-refractivity contribution in [2.24, 2.45) is 11.1 Å². The Balaban J connectivity index is 2.03. The first-order valence-electron chi connectivity index (χ1n) is 8.39. The highest BCUT2D eigenvalue weighted by Gasteiger charge is 2.70. The van der Waals surface area contributed by atoms with Crippen LogP contribution >= 0.6 is 23.2 Å². The highest BCUT2D eigenvalue weighted by atomic mass is 35.5. The van der Waals surface area contributed by atoms with Gasteiger partial charge in [-0.15, -0.1) is 0 Å². The molecule has 0 radical (unpaired) electrons. The van der Waals surface area contributed by atoms with Crippen molar-refractivity contribution >= 4 is 33.0 Å². The van der Waals surface area contributed by atoms with Gasteiger partial charge in [0.25, 0.3) is 0 Å². The van der Waals surface area contributed by atoms with E-state index in [1.165, 1.54) is 12.1 Å². The summed E-state index contributed by atoms with van der Waals surface area (Å²) in [7, 11) is -3.59. The molecule has 0 unspecified atom stereocenters. The van der Waals surface area contributed by atoms with Crippen LogP contribution in [-0.4, -0.2) is 33.4 Å². The molecule has 3 atom stereocenters. The summed E-state index contributed by atoms with van der Waals surface area (Å²) in [4.78, 5) is 0.248. The van der Waals surface area contributed by atoms with Gasteiger partial charge < -0.3 is 10.5 Å². The molecule has 0 bridgehead atoms. The highest BCUT2D eigenvalue weighted by Crippen LogP contribution is 2.63. The lowest BCUT2D eigenvalue weighted by atomic mass is 10.00. The van der Waals surface area contributed by atoms with Gasteiger partial charge in [-0.05, 0) is 48.9 Å². The summed E-state index contributed by atoms with van der Waals surface area (Å²) in [6.07, 6.45) is 0. The van der Waals surface area contributed by atoms with Crippen LogP contribution in [0.4, 0.5) is 0 Å². The van der Waals surface area contributed by atoms with E-state index in [1.54, 1.807) is 24.3 Å². The molecule has 0 heterocycles. The molecule has 140 valence electrons. The van der Waals surface area contributed by atoms with Crippen molar-refractivity contribution in [3.8, 4) is 0 Å². The first-order chi connectivity index (χ1) is 12.4. The molecule has 2 aromatic rings. The molecule has 0 aromatic heterocycles. The molecule has 1 aliphatic carbocycles. The molecule has 0 spiro atoms. The van der Waals surface area contributed by atoms with Crippen LogP contribution < -0.4 is 5.73 Å². The summed E-state index contributed by atoms with van der Waals surface area (Å²) in [5, 5.41) is 0.456. The monoisotopic (exact) mass is 413 g/mol. The zero-order valence-corrected chi connectivity index (χ0v) is 16.7. The number of rotatable bonds is 7. The van der Waals surface area contributed by atoms with Crippen molar-refractivity contribution < 1.29 is 13.2 Å². The highest BCUT2D eigenvalue weighted by molar-refractivity contribution is 7.92. The summed E-state index contributed by atoms with van der Waals surface area (Å²) < 4.78 is 32.2. The van der Waals surface area contributed by atoms with E-state index in [9.17, 15) is 8.42 Å². The van der Waals surface area contributed by atoms with E-state index in [1.807, 2.05) is 19.1 Å². The van der Waals surface area contributed by atoms with Gasteiger partial charge in [0.1, 0.15) is 0 Å². The van der Waals surface area contributed by atoms with Crippen LogP contribution in [0.3, 0.4) is 0 Å². The van der Waals surface area contributed by atoms with Crippen LogP contribution in [0.2, 0.25) is 10.0 Å². The third kappa shape index (κ3) is 3.39. The van der Waals surface area contributed by atoms with Crippen molar-refractivity contribution in [1.29, 1.82) is 0 Å². The molecule has 7 heteroatoms. The van der Waals surface area contributed by atoms with Gasteiger partial charge in [-0.25, -0.2) is 8.42 Å². The van der Waals surface area contributed by atoms with Crippen LogP contribution in [0.5, 0.6) is 0 Å². The van der Waals surface area contributed by atoms with Crippen molar-refractivity contribution in [3.05, 3.63) is 64.1 Å². The lowest BCUT2D eigenvalue weighted by Crippen LogP contribution is -2.29. The van der Waals surface area contributed by atoms with E-state index in [2.05, 4.69) is 0 Å². The molecule has 2 N–H and O–H groups in total. The van der Waals surface area contributed by atoms with Crippen LogP contribution in [0, 0.1) is 5.41 Å². The second-order valence-electron chi connectivity index (χ2n) is 6.52. The predicted octanol–water partition coefficient (Wildman–Crippen LogP) is 3.91. The van der Waals surface area contributed by atoms with Crippen molar-refractivity contribution in [3.63, 3.8) is 0 Å². The average Bonchev–Trinajstić information content (AvgIpc) is 3.31. The topological polar surface area (TPSA) is 69.4 Å². The normalized spacial score (nSPS) is 25.2. The van der Waals surface area contributed by atoms with Crippen LogP contribution in [0.1, 0.15) is 18.4 Å². The molecular weight excluding hydrogens is 393 g/mol. The lowest BCUT2D eigenvalue weighted by Gasteiger charge is -2.16. The van der Waals surface area contributed by atoms with Crippen LogP contribution in [0.15, 0.2) is 53.4 Å². The average molecular weight is 414 g/mol. The largest absolute Gasteiger partial charge is 0.381 e. The van der Waals surface area contributed by atoms with Crippen LogP contribution in [0.25, 0.3) is 0 Å². The van der Waals surface area contributed by atoms with Gasteiger partial charge in [-0.3, -0.25) is 0 Å². The molecule has 1 fully saturated rings. The maximum absolute atomic E-state index is 13.3. The minimum atomic E-state index is -3.59. The number of ether oxygens (including phenoxy) is 1. The van der Waals surface area contributed by atoms with E-state index < -0.39 is 20.5 Å². The van der Waals surface area contributed by atoms with Crippen LogP contribution in [-0.2, 0) is 14.6 Å².